The van der Waals surface area contributed by atoms with Crippen LogP contribution in [-0.4, -0.2) is 47.7 Å². The summed E-state index contributed by atoms with van der Waals surface area (Å²) < 4.78 is 0. The van der Waals surface area contributed by atoms with E-state index in [1.165, 1.54) is 22.4 Å². The number of aryl methyl sites for hydroxylation is 1. The van der Waals surface area contributed by atoms with Gasteiger partial charge in [0.1, 0.15) is 0 Å². The van der Waals surface area contributed by atoms with E-state index < -0.39 is 0 Å². The number of H-pyrrole nitrogens is 1. The van der Waals surface area contributed by atoms with Crippen LogP contribution in [0.15, 0.2) is 30.5 Å². The molecule has 1 saturated heterocycles. The van der Waals surface area contributed by atoms with Gasteiger partial charge in [-0.3, -0.25) is 9.89 Å². The number of aromatic nitrogens is 2. The van der Waals surface area contributed by atoms with Gasteiger partial charge >= 0.3 is 0 Å². The van der Waals surface area contributed by atoms with Gasteiger partial charge in [-0.1, -0.05) is 29.8 Å². The molecule has 130 valence electrons. The fraction of sp³-hybridized carbons (Fsp3) is 0.444. The lowest BCUT2D eigenvalue weighted by atomic mass is 9.89. The minimum atomic E-state index is 0. The molecule has 1 aromatic carbocycles. The summed E-state index contributed by atoms with van der Waals surface area (Å²) >= 11 is 0. The Labute approximate surface area is 149 Å². The molecular formula is C18H25ClN4O. The zero-order chi connectivity index (χ0) is 16.2. The van der Waals surface area contributed by atoms with Gasteiger partial charge in [-0.05, 0) is 32.4 Å². The molecule has 0 bridgehead atoms. The quantitative estimate of drug-likeness (QED) is 0.893. The van der Waals surface area contributed by atoms with Crippen LogP contribution >= 0.6 is 12.4 Å². The Balaban J connectivity index is 0.00000208. The summed E-state index contributed by atoms with van der Waals surface area (Å²) in [6.45, 7) is 4.16. The first-order valence-corrected chi connectivity index (χ1v) is 8.21. The Morgan fingerprint density at radius 3 is 2.79 bits per heavy atom. The summed E-state index contributed by atoms with van der Waals surface area (Å²) in [5, 5.41) is 10.4. The Kier molecular flexibility index (Phi) is 6.40. The second-order valence-corrected chi connectivity index (χ2v) is 6.25. The molecule has 0 radical (unpaired) electrons. The van der Waals surface area contributed by atoms with E-state index in [2.05, 4.69) is 46.7 Å². The number of halogens is 1. The van der Waals surface area contributed by atoms with Gasteiger partial charge in [0, 0.05) is 30.3 Å². The van der Waals surface area contributed by atoms with Crippen molar-refractivity contribution in [3.8, 4) is 11.1 Å². The van der Waals surface area contributed by atoms with Gasteiger partial charge < -0.3 is 10.2 Å². The highest BCUT2D eigenvalue weighted by Crippen LogP contribution is 2.34. The van der Waals surface area contributed by atoms with Crippen LogP contribution in [0.2, 0.25) is 0 Å². The van der Waals surface area contributed by atoms with Gasteiger partial charge in [-0.15, -0.1) is 12.4 Å². The van der Waals surface area contributed by atoms with Gasteiger partial charge in [0.2, 0.25) is 5.91 Å². The summed E-state index contributed by atoms with van der Waals surface area (Å²) in [4.78, 5) is 13.9. The van der Waals surface area contributed by atoms with Crippen molar-refractivity contribution >= 4 is 18.3 Å². The lowest BCUT2D eigenvalue weighted by Crippen LogP contribution is -2.42. The fourth-order valence-corrected chi connectivity index (χ4v) is 3.33. The first-order valence-electron chi connectivity index (χ1n) is 8.21. The Morgan fingerprint density at radius 2 is 2.12 bits per heavy atom. The number of amides is 1. The maximum absolute atomic E-state index is 12.0. The van der Waals surface area contributed by atoms with E-state index in [4.69, 9.17) is 0 Å². The van der Waals surface area contributed by atoms with Crippen LogP contribution in [0.25, 0.3) is 11.1 Å². The molecule has 1 aliphatic rings. The number of aromatic amines is 1. The average molecular weight is 349 g/mol. The van der Waals surface area contributed by atoms with E-state index in [1.54, 1.807) is 0 Å². The standard InChI is InChI=1S/C18H24N4O.ClH/c1-13-4-3-5-15(10-13)16-11-20-21-18(16)14-6-8-22(9-7-14)17(23)12-19-2;/h3-5,10-11,14,19H,6-9,12H2,1-2H3,(H,20,21);1H. The van der Waals surface area contributed by atoms with E-state index in [-0.39, 0.29) is 18.3 Å². The average Bonchev–Trinajstić information content (AvgIpc) is 3.05. The zero-order valence-electron chi connectivity index (χ0n) is 14.2. The maximum Gasteiger partial charge on any atom is 0.236 e. The minimum absolute atomic E-state index is 0. The number of carbonyl (C=O) groups excluding carboxylic acids is 1. The van der Waals surface area contributed by atoms with Crippen molar-refractivity contribution in [2.45, 2.75) is 25.7 Å². The maximum atomic E-state index is 12.0. The van der Waals surface area contributed by atoms with E-state index in [0.29, 0.717) is 12.5 Å². The van der Waals surface area contributed by atoms with E-state index >= 15 is 0 Å². The summed E-state index contributed by atoms with van der Waals surface area (Å²) in [6.07, 6.45) is 3.88. The first kappa shape index (κ1) is 18.5. The molecule has 1 fully saturated rings. The highest BCUT2D eigenvalue weighted by atomic mass is 35.5. The van der Waals surface area contributed by atoms with Crippen LogP contribution in [-0.2, 0) is 4.79 Å². The molecule has 0 saturated carbocycles. The third kappa shape index (κ3) is 3.97. The van der Waals surface area contributed by atoms with Crippen molar-refractivity contribution in [2.75, 3.05) is 26.7 Å². The molecule has 1 amide bonds. The molecule has 0 unspecified atom stereocenters. The fourth-order valence-electron chi connectivity index (χ4n) is 3.33. The van der Waals surface area contributed by atoms with Gasteiger partial charge in [-0.25, -0.2) is 0 Å². The molecule has 24 heavy (non-hydrogen) atoms. The number of hydrogen-bond donors (Lipinski definition) is 2. The van der Waals surface area contributed by atoms with Crippen molar-refractivity contribution < 1.29 is 4.79 Å². The number of likely N-dealkylation sites (tertiary alicyclic amines) is 1. The molecule has 2 N–H and O–H groups in total. The normalized spacial score (nSPS) is 15.2. The Hall–Kier alpha value is -1.85. The van der Waals surface area contributed by atoms with Crippen LogP contribution in [0.3, 0.4) is 0 Å². The van der Waals surface area contributed by atoms with Gasteiger partial charge in [0.05, 0.1) is 12.7 Å². The summed E-state index contributed by atoms with van der Waals surface area (Å²) in [7, 11) is 1.81. The monoisotopic (exact) mass is 348 g/mol. The second kappa shape index (κ2) is 8.31. The number of rotatable bonds is 4. The lowest BCUT2D eigenvalue weighted by molar-refractivity contribution is -0.131. The number of likely N-dealkylation sites (N-methyl/N-ethyl adjacent to an activating group) is 1. The van der Waals surface area contributed by atoms with Crippen molar-refractivity contribution in [3.05, 3.63) is 41.7 Å². The third-order valence-electron chi connectivity index (χ3n) is 4.58. The van der Waals surface area contributed by atoms with Crippen molar-refractivity contribution in [3.63, 3.8) is 0 Å². The molecule has 5 nitrogen and oxygen atoms in total. The Morgan fingerprint density at radius 1 is 1.38 bits per heavy atom. The molecular weight excluding hydrogens is 324 g/mol. The topological polar surface area (TPSA) is 61.0 Å². The van der Waals surface area contributed by atoms with E-state index in [1.807, 2.05) is 18.1 Å². The van der Waals surface area contributed by atoms with Crippen molar-refractivity contribution in [2.24, 2.45) is 0 Å². The Bertz CT molecular complexity index is 677. The summed E-state index contributed by atoms with van der Waals surface area (Å²) in [5.74, 6) is 0.626. The lowest BCUT2D eigenvalue weighted by Gasteiger charge is -2.32. The first-order chi connectivity index (χ1) is 11.2. The van der Waals surface area contributed by atoms with Crippen LogP contribution in [0.5, 0.6) is 0 Å². The largest absolute Gasteiger partial charge is 0.342 e. The number of piperidine rings is 1. The van der Waals surface area contributed by atoms with Crippen LogP contribution in [0.1, 0.15) is 30.0 Å². The molecule has 0 atom stereocenters. The molecule has 1 aromatic heterocycles. The molecule has 2 aromatic rings. The molecule has 1 aliphatic heterocycles. The highest BCUT2D eigenvalue weighted by Gasteiger charge is 2.26. The molecule has 0 aliphatic carbocycles. The minimum Gasteiger partial charge on any atom is -0.342 e. The van der Waals surface area contributed by atoms with Crippen LogP contribution in [0.4, 0.5) is 0 Å². The van der Waals surface area contributed by atoms with Gasteiger partial charge in [-0.2, -0.15) is 5.10 Å². The molecule has 2 heterocycles. The molecule has 0 spiro atoms. The van der Waals surface area contributed by atoms with Crippen molar-refractivity contribution in [1.29, 1.82) is 0 Å². The highest BCUT2D eigenvalue weighted by molar-refractivity contribution is 5.85. The van der Waals surface area contributed by atoms with Crippen LogP contribution < -0.4 is 5.32 Å². The summed E-state index contributed by atoms with van der Waals surface area (Å²) in [5.41, 5.74) is 4.86. The second-order valence-electron chi connectivity index (χ2n) is 6.25. The summed E-state index contributed by atoms with van der Waals surface area (Å²) in [6, 6.07) is 8.52. The number of nitrogens with zero attached hydrogens (tertiary/aromatic N) is 2. The molecule has 6 heteroatoms. The predicted molar refractivity (Wildman–Crippen MR) is 98.5 cm³/mol. The van der Waals surface area contributed by atoms with Gasteiger partial charge in [0.25, 0.3) is 0 Å². The zero-order valence-corrected chi connectivity index (χ0v) is 15.0. The third-order valence-corrected chi connectivity index (χ3v) is 4.58. The van der Waals surface area contributed by atoms with Crippen molar-refractivity contribution in [1.82, 2.24) is 20.4 Å². The number of benzene rings is 1. The van der Waals surface area contributed by atoms with Gasteiger partial charge in [0.15, 0.2) is 0 Å². The number of nitrogens with one attached hydrogen (secondary N) is 2. The smallest absolute Gasteiger partial charge is 0.236 e. The SMILES string of the molecule is CNCC(=O)N1CCC(c2[nH]ncc2-c2cccc(C)c2)CC1.Cl. The molecule has 3 rings (SSSR count). The predicted octanol–water partition coefficient (Wildman–Crippen LogP) is 2.73. The number of hydrogen-bond acceptors (Lipinski definition) is 3. The van der Waals surface area contributed by atoms with Crippen LogP contribution in [0, 0.1) is 6.92 Å². The van der Waals surface area contributed by atoms with E-state index in [0.717, 1.165) is 25.9 Å². The number of carbonyl (C=O) groups is 1. The van der Waals surface area contributed by atoms with E-state index in [9.17, 15) is 4.79 Å².